The highest BCUT2D eigenvalue weighted by Gasteiger charge is 2.04. The zero-order chi connectivity index (χ0) is 20.5. The summed E-state index contributed by atoms with van der Waals surface area (Å²) < 4.78 is 6.93. The molecule has 0 saturated heterocycles. The van der Waals surface area contributed by atoms with Gasteiger partial charge in [-0.25, -0.2) is 5.43 Å². The first-order chi connectivity index (χ1) is 14.1. The summed E-state index contributed by atoms with van der Waals surface area (Å²) in [5, 5.41) is 4.72. The van der Waals surface area contributed by atoms with Crippen LogP contribution >= 0.6 is 39.3 Å². The van der Waals surface area contributed by atoms with Gasteiger partial charge in [0.2, 0.25) is 5.91 Å². The molecule has 3 rings (SSSR count). The summed E-state index contributed by atoms with van der Waals surface area (Å²) in [6, 6.07) is 22.8. The lowest BCUT2D eigenvalue weighted by molar-refractivity contribution is -0.118. The molecule has 148 valence electrons. The Kier molecular flexibility index (Phi) is 8.16. The van der Waals surface area contributed by atoms with Crippen molar-refractivity contribution in [3.63, 3.8) is 0 Å². The van der Waals surface area contributed by atoms with E-state index in [1.165, 1.54) is 11.8 Å². The van der Waals surface area contributed by atoms with E-state index in [2.05, 4.69) is 26.5 Å². The number of rotatable bonds is 8. The van der Waals surface area contributed by atoms with Crippen LogP contribution < -0.4 is 10.2 Å². The van der Waals surface area contributed by atoms with Crippen molar-refractivity contribution < 1.29 is 9.53 Å². The van der Waals surface area contributed by atoms with Crippen molar-refractivity contribution in [3.05, 3.63) is 93.4 Å². The summed E-state index contributed by atoms with van der Waals surface area (Å²) in [5.41, 5.74) is 4.39. The third kappa shape index (κ3) is 7.24. The second-order valence-corrected chi connectivity index (χ2v) is 8.39. The van der Waals surface area contributed by atoms with E-state index in [4.69, 9.17) is 16.3 Å². The highest BCUT2D eigenvalue weighted by atomic mass is 79.9. The molecule has 0 aromatic heterocycles. The molecule has 0 unspecified atom stereocenters. The molecular weight excluding hydrogens is 472 g/mol. The van der Waals surface area contributed by atoms with Gasteiger partial charge in [-0.2, -0.15) is 5.10 Å². The van der Waals surface area contributed by atoms with Crippen molar-refractivity contribution in [3.8, 4) is 5.75 Å². The number of carbonyl (C=O) groups is 1. The van der Waals surface area contributed by atoms with Gasteiger partial charge in [0.1, 0.15) is 12.4 Å². The van der Waals surface area contributed by atoms with Crippen LogP contribution in [0, 0.1) is 0 Å². The fraction of sp³-hybridized carbons (Fsp3) is 0.0909. The van der Waals surface area contributed by atoms with E-state index in [-0.39, 0.29) is 11.7 Å². The van der Waals surface area contributed by atoms with E-state index >= 15 is 0 Å². The van der Waals surface area contributed by atoms with Gasteiger partial charge in [0.25, 0.3) is 0 Å². The summed E-state index contributed by atoms with van der Waals surface area (Å²) in [6.45, 7) is 0.447. The Bertz CT molecular complexity index is 979. The smallest absolute Gasteiger partial charge is 0.250 e. The van der Waals surface area contributed by atoms with Crippen LogP contribution in [-0.4, -0.2) is 17.9 Å². The molecule has 0 aliphatic rings. The number of hydrogen-bond donors (Lipinski definition) is 1. The quantitative estimate of drug-likeness (QED) is 0.243. The maximum atomic E-state index is 12.0. The number of hydrogen-bond acceptors (Lipinski definition) is 4. The van der Waals surface area contributed by atoms with Gasteiger partial charge in [-0.1, -0.05) is 51.8 Å². The lowest BCUT2D eigenvalue weighted by atomic mass is 10.2. The Balaban J connectivity index is 1.51. The number of halogens is 2. The summed E-state index contributed by atoms with van der Waals surface area (Å²) in [5.74, 6) is 0.777. The summed E-state index contributed by atoms with van der Waals surface area (Å²) in [4.78, 5) is 13.0. The lowest BCUT2D eigenvalue weighted by Gasteiger charge is -2.09. The van der Waals surface area contributed by atoms with Crippen LogP contribution in [0.1, 0.15) is 11.1 Å². The molecule has 29 heavy (non-hydrogen) atoms. The summed E-state index contributed by atoms with van der Waals surface area (Å²) in [6.07, 6.45) is 1.59. The van der Waals surface area contributed by atoms with Crippen molar-refractivity contribution in [1.29, 1.82) is 0 Å². The zero-order valence-corrected chi connectivity index (χ0v) is 18.5. The van der Waals surface area contributed by atoms with Crippen LogP contribution in [0.25, 0.3) is 0 Å². The van der Waals surface area contributed by atoms with Gasteiger partial charge in [0.05, 0.1) is 12.0 Å². The zero-order valence-electron chi connectivity index (χ0n) is 15.3. The molecule has 0 heterocycles. The van der Waals surface area contributed by atoms with Crippen LogP contribution in [0.2, 0.25) is 5.02 Å². The maximum Gasteiger partial charge on any atom is 0.250 e. The number of benzene rings is 3. The molecule has 0 bridgehead atoms. The van der Waals surface area contributed by atoms with E-state index < -0.39 is 0 Å². The van der Waals surface area contributed by atoms with Crippen LogP contribution in [0.4, 0.5) is 0 Å². The molecule has 0 spiro atoms. The van der Waals surface area contributed by atoms with Crippen molar-refractivity contribution in [2.24, 2.45) is 5.10 Å². The van der Waals surface area contributed by atoms with Gasteiger partial charge in [-0.15, -0.1) is 11.8 Å². The third-order valence-electron chi connectivity index (χ3n) is 3.80. The predicted octanol–water partition coefficient (Wildman–Crippen LogP) is 5.92. The number of nitrogens with zero attached hydrogens (tertiary/aromatic N) is 1. The SMILES string of the molecule is O=C(CSc1ccc(Cl)cc1)N/N=C\c1ccccc1OCc1ccc(Br)cc1. The number of thioether (sulfide) groups is 1. The minimum Gasteiger partial charge on any atom is -0.488 e. The predicted molar refractivity (Wildman–Crippen MR) is 123 cm³/mol. The molecular formula is C22H18BrClN2O2S. The summed E-state index contributed by atoms with van der Waals surface area (Å²) in [7, 11) is 0. The van der Waals surface area contributed by atoms with Crippen molar-refractivity contribution >= 4 is 51.4 Å². The molecule has 1 amide bonds. The molecule has 7 heteroatoms. The number of ether oxygens (including phenoxy) is 1. The fourth-order valence-electron chi connectivity index (χ4n) is 2.35. The largest absolute Gasteiger partial charge is 0.488 e. The van der Waals surface area contributed by atoms with Gasteiger partial charge < -0.3 is 4.74 Å². The number of para-hydroxylation sites is 1. The minimum atomic E-state index is -0.186. The first kappa shape index (κ1) is 21.4. The Labute approximate surface area is 187 Å². The third-order valence-corrected chi connectivity index (χ3v) is 5.60. The van der Waals surface area contributed by atoms with Gasteiger partial charge in [0, 0.05) is 20.0 Å². The topological polar surface area (TPSA) is 50.7 Å². The number of nitrogens with one attached hydrogen (secondary N) is 1. The Hall–Kier alpha value is -2.28. The highest BCUT2D eigenvalue weighted by molar-refractivity contribution is 9.10. The molecule has 3 aromatic carbocycles. The first-order valence-corrected chi connectivity index (χ1v) is 10.9. The average Bonchev–Trinajstić information content (AvgIpc) is 2.74. The maximum absolute atomic E-state index is 12.0. The van der Waals surface area contributed by atoms with Crippen LogP contribution in [0.5, 0.6) is 5.75 Å². The van der Waals surface area contributed by atoms with Crippen LogP contribution in [-0.2, 0) is 11.4 Å². The van der Waals surface area contributed by atoms with Crippen molar-refractivity contribution in [1.82, 2.24) is 5.43 Å². The number of amides is 1. The monoisotopic (exact) mass is 488 g/mol. The Morgan fingerprint density at radius 1 is 1.07 bits per heavy atom. The lowest BCUT2D eigenvalue weighted by Crippen LogP contribution is -2.19. The van der Waals surface area contributed by atoms with Crippen LogP contribution in [0.3, 0.4) is 0 Å². The van der Waals surface area contributed by atoms with E-state index in [1.54, 1.807) is 18.3 Å². The van der Waals surface area contributed by atoms with E-state index in [0.29, 0.717) is 17.4 Å². The standard InChI is InChI=1S/C22H18BrClN2O2S/c23-18-7-5-16(6-8-18)14-28-21-4-2-1-3-17(21)13-25-26-22(27)15-29-20-11-9-19(24)10-12-20/h1-13H,14-15H2,(H,26,27)/b25-13-. The van der Waals surface area contributed by atoms with Gasteiger partial charge >= 0.3 is 0 Å². The molecule has 1 N–H and O–H groups in total. The fourth-order valence-corrected chi connectivity index (χ4v) is 3.43. The number of hydrazone groups is 1. The highest BCUT2D eigenvalue weighted by Crippen LogP contribution is 2.20. The van der Waals surface area contributed by atoms with E-state index in [0.717, 1.165) is 20.5 Å². The average molecular weight is 490 g/mol. The van der Waals surface area contributed by atoms with E-state index in [9.17, 15) is 4.79 Å². The molecule has 4 nitrogen and oxygen atoms in total. The minimum absolute atomic E-state index is 0.186. The molecule has 0 saturated carbocycles. The van der Waals surface area contributed by atoms with Crippen LogP contribution in [0.15, 0.2) is 87.3 Å². The number of carbonyl (C=O) groups excluding carboxylic acids is 1. The molecule has 0 fully saturated rings. The molecule has 0 aliphatic heterocycles. The molecule has 0 atom stereocenters. The van der Waals surface area contributed by atoms with Gasteiger partial charge in [-0.3, -0.25) is 4.79 Å². The van der Waals surface area contributed by atoms with Gasteiger partial charge in [-0.05, 0) is 54.1 Å². The summed E-state index contributed by atoms with van der Waals surface area (Å²) >= 11 is 10.7. The van der Waals surface area contributed by atoms with Crippen molar-refractivity contribution in [2.45, 2.75) is 11.5 Å². The van der Waals surface area contributed by atoms with E-state index in [1.807, 2.05) is 60.7 Å². The van der Waals surface area contributed by atoms with Gasteiger partial charge in [0.15, 0.2) is 0 Å². The van der Waals surface area contributed by atoms with Crippen molar-refractivity contribution in [2.75, 3.05) is 5.75 Å². The Morgan fingerprint density at radius 2 is 1.79 bits per heavy atom. The normalized spacial score (nSPS) is 10.8. The molecule has 3 aromatic rings. The second-order valence-electron chi connectivity index (χ2n) is 5.99. The molecule has 0 aliphatic carbocycles. The molecule has 0 radical (unpaired) electrons. The second kappa shape index (κ2) is 11.0. The Morgan fingerprint density at radius 3 is 2.55 bits per heavy atom. The first-order valence-electron chi connectivity index (χ1n) is 8.77.